The second-order valence-electron chi connectivity index (χ2n) is 4.29. The van der Waals surface area contributed by atoms with Crippen molar-refractivity contribution < 1.29 is 4.79 Å². The number of carbonyl (C=O) groups is 1. The summed E-state index contributed by atoms with van der Waals surface area (Å²) >= 11 is 2.58. The van der Waals surface area contributed by atoms with Gasteiger partial charge in [0, 0.05) is 24.0 Å². The van der Waals surface area contributed by atoms with Crippen molar-refractivity contribution in [2.24, 2.45) is 5.10 Å². The van der Waals surface area contributed by atoms with Crippen molar-refractivity contribution in [3.05, 3.63) is 41.7 Å². The second kappa shape index (κ2) is 8.17. The Balaban J connectivity index is 1.45. The monoisotopic (exact) mass is 360 g/mol. The fourth-order valence-corrected chi connectivity index (χ4v) is 2.69. The lowest BCUT2D eigenvalue weighted by Crippen LogP contribution is -2.13. The Labute approximate surface area is 145 Å². The van der Waals surface area contributed by atoms with Crippen LogP contribution in [0.5, 0.6) is 0 Å². The van der Waals surface area contributed by atoms with Crippen LogP contribution in [0.2, 0.25) is 0 Å². The molecule has 0 aliphatic carbocycles. The Morgan fingerprint density at radius 3 is 3.04 bits per heavy atom. The first-order valence-corrected chi connectivity index (χ1v) is 8.60. The Morgan fingerprint density at radius 1 is 1.38 bits per heavy atom. The van der Waals surface area contributed by atoms with Crippen molar-refractivity contribution >= 4 is 46.3 Å². The first-order chi connectivity index (χ1) is 11.8. The van der Waals surface area contributed by atoms with Crippen LogP contribution in [0.4, 0.5) is 11.1 Å². The summed E-state index contributed by atoms with van der Waals surface area (Å²) in [7, 11) is 0. The van der Waals surface area contributed by atoms with Gasteiger partial charge in [0.2, 0.25) is 17.0 Å². The van der Waals surface area contributed by atoms with Crippen molar-refractivity contribution in [1.29, 1.82) is 0 Å². The lowest BCUT2D eigenvalue weighted by atomic mass is 10.3. The number of nitrogens with zero attached hydrogens (tertiary/aromatic N) is 5. The minimum absolute atomic E-state index is 0.162. The molecule has 3 aromatic rings. The van der Waals surface area contributed by atoms with Crippen LogP contribution >= 0.6 is 23.1 Å². The van der Waals surface area contributed by atoms with Crippen LogP contribution in [0.25, 0.3) is 0 Å². The number of thioether (sulfide) groups is 1. The molecule has 0 fully saturated rings. The quantitative estimate of drug-likeness (QED) is 0.334. The number of hydrazone groups is 1. The molecule has 0 unspecified atom stereocenters. The van der Waals surface area contributed by atoms with Crippen LogP contribution in [-0.4, -0.2) is 43.0 Å². The number of hydrogen-bond acceptors (Lipinski definition) is 9. The molecule has 0 bridgehead atoms. The zero-order valence-corrected chi connectivity index (χ0v) is 13.8. The highest BCUT2D eigenvalue weighted by Crippen LogP contribution is 2.15. The van der Waals surface area contributed by atoms with E-state index < -0.39 is 0 Å². The third kappa shape index (κ3) is 4.86. The molecule has 0 aromatic carbocycles. The molecule has 0 aliphatic heterocycles. The number of amides is 1. The van der Waals surface area contributed by atoms with Gasteiger partial charge in [-0.3, -0.25) is 9.78 Å². The predicted molar refractivity (Wildman–Crippen MR) is 93.3 cm³/mol. The first-order valence-electron chi connectivity index (χ1n) is 6.73. The van der Waals surface area contributed by atoms with Gasteiger partial charge in [-0.2, -0.15) is 10.1 Å². The number of rotatable bonds is 7. The topological polar surface area (TPSA) is 121 Å². The van der Waals surface area contributed by atoms with Crippen molar-refractivity contribution in [2.75, 3.05) is 16.5 Å². The lowest BCUT2D eigenvalue weighted by molar-refractivity contribution is -0.113. The van der Waals surface area contributed by atoms with Crippen LogP contribution < -0.4 is 10.7 Å². The summed E-state index contributed by atoms with van der Waals surface area (Å²) in [5, 5.41) is 16.2. The molecule has 3 heterocycles. The molecule has 9 nitrogen and oxygen atoms in total. The Kier molecular flexibility index (Phi) is 5.48. The normalized spacial score (nSPS) is 10.8. The molecule has 0 aliphatic rings. The highest BCUT2D eigenvalue weighted by Gasteiger charge is 2.08. The summed E-state index contributed by atoms with van der Waals surface area (Å²) in [5.74, 6) is 0.421. The van der Waals surface area contributed by atoms with E-state index in [0.717, 1.165) is 5.56 Å². The summed E-state index contributed by atoms with van der Waals surface area (Å²) < 4.78 is 0. The molecular weight excluding hydrogens is 348 g/mol. The Hall–Kier alpha value is -2.79. The van der Waals surface area contributed by atoms with Crippen molar-refractivity contribution in [3.63, 3.8) is 0 Å². The summed E-state index contributed by atoms with van der Waals surface area (Å²) in [6.45, 7) is 0. The second-order valence-corrected chi connectivity index (χ2v) is 6.13. The SMILES string of the molecule is O=C(CSc1n[nH]c(N/N=C\c2ccncc2)n1)Nc1nccs1. The van der Waals surface area contributed by atoms with E-state index in [4.69, 9.17) is 0 Å². The number of nitrogens with one attached hydrogen (secondary N) is 3. The molecule has 3 rings (SSSR count). The van der Waals surface area contributed by atoms with Gasteiger partial charge in [-0.15, -0.1) is 16.4 Å². The molecule has 3 N–H and O–H groups in total. The summed E-state index contributed by atoms with van der Waals surface area (Å²) in [6.07, 6.45) is 6.63. The average molecular weight is 360 g/mol. The van der Waals surface area contributed by atoms with E-state index in [1.165, 1.54) is 23.1 Å². The van der Waals surface area contributed by atoms with E-state index >= 15 is 0 Å². The van der Waals surface area contributed by atoms with Gasteiger partial charge in [-0.25, -0.2) is 15.5 Å². The maximum atomic E-state index is 11.7. The number of aromatic amines is 1. The number of hydrogen-bond donors (Lipinski definition) is 3. The molecule has 0 saturated heterocycles. The fraction of sp³-hybridized carbons (Fsp3) is 0.0769. The van der Waals surface area contributed by atoms with E-state index in [2.05, 4.69) is 41.0 Å². The van der Waals surface area contributed by atoms with Gasteiger partial charge in [-0.1, -0.05) is 11.8 Å². The molecular formula is C13H12N8OS2. The van der Waals surface area contributed by atoms with E-state index in [-0.39, 0.29) is 11.7 Å². The summed E-state index contributed by atoms with van der Waals surface area (Å²) in [4.78, 5) is 23.8. The smallest absolute Gasteiger partial charge is 0.240 e. The maximum absolute atomic E-state index is 11.7. The van der Waals surface area contributed by atoms with E-state index in [1.54, 1.807) is 30.2 Å². The molecule has 0 spiro atoms. The number of aromatic nitrogens is 5. The number of carbonyl (C=O) groups excluding carboxylic acids is 1. The van der Waals surface area contributed by atoms with Gasteiger partial charge in [0.05, 0.1) is 12.0 Å². The third-order valence-corrected chi connectivity index (χ3v) is 4.10. The van der Waals surface area contributed by atoms with Gasteiger partial charge in [0.15, 0.2) is 5.13 Å². The summed E-state index contributed by atoms with van der Waals surface area (Å²) in [6, 6.07) is 3.65. The Morgan fingerprint density at radius 2 is 2.25 bits per heavy atom. The lowest BCUT2D eigenvalue weighted by Gasteiger charge is -1.98. The number of pyridine rings is 1. The zero-order valence-electron chi connectivity index (χ0n) is 12.2. The minimum Gasteiger partial charge on any atom is -0.301 e. The van der Waals surface area contributed by atoms with Crippen molar-refractivity contribution in [2.45, 2.75) is 5.16 Å². The average Bonchev–Trinajstić information content (AvgIpc) is 3.26. The summed E-state index contributed by atoms with van der Waals surface area (Å²) in [5.41, 5.74) is 3.64. The predicted octanol–water partition coefficient (Wildman–Crippen LogP) is 1.83. The minimum atomic E-state index is -0.162. The van der Waals surface area contributed by atoms with Crippen LogP contribution in [-0.2, 0) is 4.79 Å². The van der Waals surface area contributed by atoms with E-state index in [1.807, 2.05) is 12.1 Å². The van der Waals surface area contributed by atoms with Crippen molar-refractivity contribution in [3.8, 4) is 0 Å². The molecule has 24 heavy (non-hydrogen) atoms. The molecule has 0 saturated carbocycles. The fourth-order valence-electron chi connectivity index (χ4n) is 1.55. The maximum Gasteiger partial charge on any atom is 0.240 e. The van der Waals surface area contributed by atoms with Crippen LogP contribution in [0, 0.1) is 0 Å². The van der Waals surface area contributed by atoms with Crippen LogP contribution in [0.15, 0.2) is 46.4 Å². The van der Waals surface area contributed by atoms with Gasteiger partial charge in [0.25, 0.3) is 0 Å². The third-order valence-electron chi connectivity index (χ3n) is 2.57. The molecule has 0 radical (unpaired) electrons. The van der Waals surface area contributed by atoms with Gasteiger partial charge >= 0.3 is 0 Å². The highest BCUT2D eigenvalue weighted by atomic mass is 32.2. The Bertz CT molecular complexity index is 803. The van der Waals surface area contributed by atoms with Gasteiger partial charge in [0.1, 0.15) is 0 Å². The van der Waals surface area contributed by atoms with Gasteiger partial charge < -0.3 is 5.32 Å². The number of anilines is 2. The van der Waals surface area contributed by atoms with Crippen LogP contribution in [0.3, 0.4) is 0 Å². The largest absolute Gasteiger partial charge is 0.301 e. The molecule has 122 valence electrons. The van der Waals surface area contributed by atoms with Crippen molar-refractivity contribution in [1.82, 2.24) is 25.1 Å². The van der Waals surface area contributed by atoms with E-state index in [9.17, 15) is 4.79 Å². The molecule has 3 aromatic heterocycles. The van der Waals surface area contributed by atoms with E-state index in [0.29, 0.717) is 16.2 Å². The molecule has 11 heteroatoms. The molecule has 0 atom stereocenters. The first kappa shape index (κ1) is 16.1. The molecule has 1 amide bonds. The highest BCUT2D eigenvalue weighted by molar-refractivity contribution is 7.99. The number of thiazole rings is 1. The zero-order chi connectivity index (χ0) is 16.6. The van der Waals surface area contributed by atoms with Crippen LogP contribution in [0.1, 0.15) is 5.56 Å². The number of H-pyrrole nitrogens is 1. The standard InChI is InChI=1S/C13H12N8OS2/c22-10(17-12-15-5-6-23-12)8-24-13-18-11(20-21-13)19-16-7-9-1-3-14-4-2-9/h1-7H,8H2,(H,15,17,22)(H2,18,19,20,21)/b16-7-. The van der Waals surface area contributed by atoms with Gasteiger partial charge in [-0.05, 0) is 17.7 Å².